The molecular weight excluding hydrogens is 258 g/mol. The van der Waals surface area contributed by atoms with E-state index in [0.717, 1.165) is 0 Å². The van der Waals surface area contributed by atoms with Gasteiger partial charge >= 0.3 is 5.97 Å². The van der Waals surface area contributed by atoms with Crippen molar-refractivity contribution in [2.75, 3.05) is 20.8 Å². The molecule has 2 N–H and O–H groups in total. The van der Waals surface area contributed by atoms with Gasteiger partial charge in [0.25, 0.3) is 0 Å². The zero-order valence-electron chi connectivity index (χ0n) is 12.7. The van der Waals surface area contributed by atoms with E-state index in [9.17, 15) is 9.90 Å². The topological polar surface area (TPSA) is 67.8 Å². The lowest BCUT2D eigenvalue weighted by Gasteiger charge is -2.29. The molecule has 0 radical (unpaired) electrons. The normalized spacial score (nSPS) is 13.9. The van der Waals surface area contributed by atoms with E-state index in [-0.39, 0.29) is 11.7 Å². The summed E-state index contributed by atoms with van der Waals surface area (Å²) in [7, 11) is 2.82. The Hall–Kier alpha value is -1.75. The molecule has 0 aliphatic carbocycles. The SMILES string of the molecule is COC(=O)C(C)(NCC(C)C)c1ccc(O)c(OC)c1. The first-order valence-electron chi connectivity index (χ1n) is 6.56. The largest absolute Gasteiger partial charge is 0.504 e. The van der Waals surface area contributed by atoms with Gasteiger partial charge in [-0.15, -0.1) is 0 Å². The monoisotopic (exact) mass is 281 g/mol. The number of benzene rings is 1. The molecule has 1 aromatic carbocycles. The Labute approximate surface area is 119 Å². The number of ether oxygens (including phenoxy) is 2. The summed E-state index contributed by atoms with van der Waals surface area (Å²) < 4.78 is 9.99. The van der Waals surface area contributed by atoms with Crippen LogP contribution in [0.5, 0.6) is 11.5 Å². The average Bonchev–Trinajstić information content (AvgIpc) is 2.44. The van der Waals surface area contributed by atoms with Crippen LogP contribution in [0, 0.1) is 5.92 Å². The van der Waals surface area contributed by atoms with Crippen LogP contribution in [0.15, 0.2) is 18.2 Å². The maximum absolute atomic E-state index is 12.1. The van der Waals surface area contributed by atoms with Crippen LogP contribution in [0.2, 0.25) is 0 Å². The van der Waals surface area contributed by atoms with Crippen LogP contribution in [0.3, 0.4) is 0 Å². The fraction of sp³-hybridized carbons (Fsp3) is 0.533. The summed E-state index contributed by atoms with van der Waals surface area (Å²) in [5.41, 5.74) is -0.306. The number of hydrogen-bond acceptors (Lipinski definition) is 5. The minimum Gasteiger partial charge on any atom is -0.504 e. The van der Waals surface area contributed by atoms with Crippen LogP contribution in [0.4, 0.5) is 0 Å². The second-order valence-electron chi connectivity index (χ2n) is 5.28. The smallest absolute Gasteiger partial charge is 0.330 e. The number of hydrogen-bond donors (Lipinski definition) is 2. The zero-order chi connectivity index (χ0) is 15.3. The van der Waals surface area contributed by atoms with Crippen molar-refractivity contribution in [3.8, 4) is 11.5 Å². The minimum atomic E-state index is -0.986. The fourth-order valence-electron chi connectivity index (χ4n) is 1.89. The molecule has 1 rings (SSSR count). The van der Waals surface area contributed by atoms with Crippen molar-refractivity contribution in [2.24, 2.45) is 5.92 Å². The van der Waals surface area contributed by atoms with E-state index in [1.165, 1.54) is 20.3 Å². The van der Waals surface area contributed by atoms with Gasteiger partial charge in [-0.1, -0.05) is 19.9 Å². The first-order chi connectivity index (χ1) is 9.35. The number of carbonyl (C=O) groups excluding carboxylic acids is 1. The Balaban J connectivity index is 3.19. The number of rotatable bonds is 6. The quantitative estimate of drug-likeness (QED) is 0.781. The van der Waals surface area contributed by atoms with Crippen molar-refractivity contribution in [1.29, 1.82) is 0 Å². The van der Waals surface area contributed by atoms with Gasteiger partial charge in [-0.05, 0) is 37.1 Å². The Kier molecular flexibility index (Phi) is 5.39. The van der Waals surface area contributed by atoms with E-state index in [1.54, 1.807) is 19.1 Å². The van der Waals surface area contributed by atoms with Gasteiger partial charge in [-0.2, -0.15) is 0 Å². The number of methoxy groups -OCH3 is 2. The third kappa shape index (κ3) is 3.42. The molecule has 0 bridgehead atoms. The summed E-state index contributed by atoms with van der Waals surface area (Å²) in [5, 5.41) is 12.9. The summed E-state index contributed by atoms with van der Waals surface area (Å²) >= 11 is 0. The van der Waals surface area contributed by atoms with Crippen LogP contribution >= 0.6 is 0 Å². The molecule has 0 aliphatic heterocycles. The molecule has 0 spiro atoms. The Bertz CT molecular complexity index is 473. The molecular formula is C15H23NO4. The fourth-order valence-corrected chi connectivity index (χ4v) is 1.89. The number of aromatic hydroxyl groups is 1. The molecule has 0 amide bonds. The highest BCUT2D eigenvalue weighted by Crippen LogP contribution is 2.32. The highest BCUT2D eigenvalue weighted by Gasteiger charge is 2.36. The van der Waals surface area contributed by atoms with E-state index in [4.69, 9.17) is 9.47 Å². The number of phenolic OH excluding ortho intramolecular Hbond substituents is 1. The van der Waals surface area contributed by atoms with Gasteiger partial charge in [-0.3, -0.25) is 5.32 Å². The van der Waals surface area contributed by atoms with Crippen molar-refractivity contribution < 1.29 is 19.4 Å². The lowest BCUT2D eigenvalue weighted by atomic mass is 9.91. The van der Waals surface area contributed by atoms with Crippen molar-refractivity contribution in [3.05, 3.63) is 23.8 Å². The van der Waals surface area contributed by atoms with E-state index >= 15 is 0 Å². The molecule has 1 unspecified atom stereocenters. The molecule has 112 valence electrons. The molecule has 20 heavy (non-hydrogen) atoms. The number of esters is 1. The van der Waals surface area contributed by atoms with Gasteiger partial charge in [0.15, 0.2) is 11.5 Å². The van der Waals surface area contributed by atoms with Crippen molar-refractivity contribution in [3.63, 3.8) is 0 Å². The van der Waals surface area contributed by atoms with Crippen LogP contribution in [0.1, 0.15) is 26.3 Å². The summed E-state index contributed by atoms with van der Waals surface area (Å²) in [4.78, 5) is 12.1. The highest BCUT2D eigenvalue weighted by molar-refractivity contribution is 5.82. The number of nitrogens with one attached hydrogen (secondary N) is 1. The summed E-state index contributed by atoms with van der Waals surface area (Å²) in [6.07, 6.45) is 0. The van der Waals surface area contributed by atoms with Crippen molar-refractivity contribution in [1.82, 2.24) is 5.32 Å². The van der Waals surface area contributed by atoms with Crippen LogP contribution in [-0.2, 0) is 15.1 Å². The molecule has 0 heterocycles. The summed E-state index contributed by atoms with van der Waals surface area (Å²) in [6.45, 7) is 6.53. The Morgan fingerprint density at radius 3 is 2.55 bits per heavy atom. The maximum Gasteiger partial charge on any atom is 0.330 e. The van der Waals surface area contributed by atoms with Gasteiger partial charge in [0.1, 0.15) is 5.54 Å². The molecule has 0 aliphatic rings. The molecule has 5 heteroatoms. The molecule has 0 aromatic heterocycles. The molecule has 5 nitrogen and oxygen atoms in total. The van der Waals surface area contributed by atoms with Gasteiger partial charge in [0.05, 0.1) is 14.2 Å². The van der Waals surface area contributed by atoms with Crippen molar-refractivity contribution in [2.45, 2.75) is 26.3 Å². The van der Waals surface area contributed by atoms with Gasteiger partial charge in [-0.25, -0.2) is 4.79 Å². The second-order valence-corrected chi connectivity index (χ2v) is 5.28. The second kappa shape index (κ2) is 6.61. The summed E-state index contributed by atoms with van der Waals surface area (Å²) in [5.74, 6) is 0.361. The Morgan fingerprint density at radius 1 is 1.40 bits per heavy atom. The third-order valence-electron chi connectivity index (χ3n) is 3.21. The highest BCUT2D eigenvalue weighted by atomic mass is 16.5. The first-order valence-corrected chi connectivity index (χ1v) is 6.56. The molecule has 0 fully saturated rings. The van der Waals surface area contributed by atoms with Crippen LogP contribution < -0.4 is 10.1 Å². The molecule has 1 atom stereocenters. The van der Waals surface area contributed by atoms with Crippen molar-refractivity contribution >= 4 is 5.97 Å². The van der Waals surface area contributed by atoms with Gasteiger partial charge in [0.2, 0.25) is 0 Å². The van der Waals surface area contributed by atoms with E-state index < -0.39 is 5.54 Å². The number of phenols is 1. The first kappa shape index (κ1) is 16.3. The predicted molar refractivity (Wildman–Crippen MR) is 76.9 cm³/mol. The van der Waals surface area contributed by atoms with E-state index in [2.05, 4.69) is 19.2 Å². The molecule has 0 saturated heterocycles. The summed E-state index contributed by atoms with van der Waals surface area (Å²) in [6, 6.07) is 4.83. The molecule has 0 saturated carbocycles. The van der Waals surface area contributed by atoms with E-state index in [0.29, 0.717) is 23.8 Å². The maximum atomic E-state index is 12.1. The molecule has 1 aromatic rings. The zero-order valence-corrected chi connectivity index (χ0v) is 12.7. The number of carbonyl (C=O) groups is 1. The van der Waals surface area contributed by atoms with Crippen LogP contribution in [-0.4, -0.2) is 31.8 Å². The standard InChI is InChI=1S/C15H23NO4/c1-10(2)9-16-15(3,14(18)20-5)11-6-7-12(17)13(8-11)19-4/h6-8,10,16-17H,9H2,1-5H3. The lowest BCUT2D eigenvalue weighted by Crippen LogP contribution is -2.48. The lowest BCUT2D eigenvalue weighted by molar-refractivity contribution is -0.148. The Morgan fingerprint density at radius 2 is 2.05 bits per heavy atom. The average molecular weight is 281 g/mol. The minimum absolute atomic E-state index is 0.0346. The van der Waals surface area contributed by atoms with E-state index in [1.807, 2.05) is 0 Å². The predicted octanol–water partition coefficient (Wildman–Crippen LogP) is 2.03. The third-order valence-corrected chi connectivity index (χ3v) is 3.21. The van der Waals surface area contributed by atoms with Gasteiger partial charge in [0, 0.05) is 0 Å². The van der Waals surface area contributed by atoms with Gasteiger partial charge < -0.3 is 14.6 Å². The van der Waals surface area contributed by atoms with Crippen LogP contribution in [0.25, 0.3) is 0 Å².